The van der Waals surface area contributed by atoms with Crippen molar-refractivity contribution in [2.24, 2.45) is 0 Å². The Hall–Kier alpha value is -3.16. The molecule has 1 saturated heterocycles. The molecule has 120 valence electrons. The molecule has 8 heteroatoms. The average molecular weight is 317 g/mol. The third-order valence-electron chi connectivity index (χ3n) is 3.19. The van der Waals surface area contributed by atoms with E-state index in [0.29, 0.717) is 11.3 Å². The van der Waals surface area contributed by atoms with Gasteiger partial charge in [-0.1, -0.05) is 12.1 Å². The van der Waals surface area contributed by atoms with Crippen LogP contribution < -0.4 is 9.84 Å². The number of nitrogens with zero attached hydrogens (tertiary/aromatic N) is 2. The summed E-state index contributed by atoms with van der Waals surface area (Å²) in [5, 5.41) is 10.3. The van der Waals surface area contributed by atoms with E-state index < -0.39 is 30.4 Å². The molecular formula is C15H13N2O6-. The number of carbonyl (C=O) groups excluding carboxylic acids is 4. The number of amides is 4. The lowest BCUT2D eigenvalue weighted by molar-refractivity contribution is -0.307. The van der Waals surface area contributed by atoms with Crippen LogP contribution in [0.3, 0.4) is 0 Å². The molecule has 0 radical (unpaired) electrons. The number of carboxylic acid groups (broad SMARTS) is 1. The maximum Gasteiger partial charge on any atom is 0.333 e. The van der Waals surface area contributed by atoms with Gasteiger partial charge in [0, 0.05) is 14.1 Å². The van der Waals surface area contributed by atoms with Gasteiger partial charge in [-0.2, -0.15) is 0 Å². The van der Waals surface area contributed by atoms with E-state index in [2.05, 4.69) is 0 Å². The Balaban J connectivity index is 2.23. The molecule has 0 atom stereocenters. The van der Waals surface area contributed by atoms with E-state index in [-0.39, 0.29) is 5.57 Å². The molecule has 0 saturated carbocycles. The summed E-state index contributed by atoms with van der Waals surface area (Å²) in [5.41, 5.74) is 0.386. The minimum atomic E-state index is -1.34. The first kappa shape index (κ1) is 16.2. The van der Waals surface area contributed by atoms with Gasteiger partial charge in [0.15, 0.2) is 0 Å². The number of hydrogen-bond donors (Lipinski definition) is 0. The molecule has 23 heavy (non-hydrogen) atoms. The van der Waals surface area contributed by atoms with Crippen LogP contribution in [0.15, 0.2) is 29.8 Å². The van der Waals surface area contributed by atoms with Crippen molar-refractivity contribution in [2.75, 3.05) is 20.7 Å². The van der Waals surface area contributed by atoms with Crippen LogP contribution in [0.1, 0.15) is 5.56 Å². The molecule has 1 heterocycles. The number of carboxylic acids is 1. The SMILES string of the molecule is CN1C(=O)C(=Cc2ccc(OCC(=O)[O-])cc2)C(=O)N(C)C1=O. The minimum Gasteiger partial charge on any atom is -0.546 e. The zero-order chi connectivity index (χ0) is 17.1. The number of carbonyl (C=O) groups is 4. The fourth-order valence-electron chi connectivity index (χ4n) is 1.94. The molecule has 1 aliphatic heterocycles. The van der Waals surface area contributed by atoms with E-state index in [1.807, 2.05) is 0 Å². The lowest BCUT2D eigenvalue weighted by atomic mass is 10.1. The van der Waals surface area contributed by atoms with Crippen LogP contribution in [-0.2, 0) is 14.4 Å². The molecule has 1 fully saturated rings. The van der Waals surface area contributed by atoms with Crippen molar-refractivity contribution in [3.05, 3.63) is 35.4 Å². The average Bonchev–Trinajstić information content (AvgIpc) is 2.54. The molecule has 0 aliphatic carbocycles. The predicted octanol–water partition coefficient (Wildman–Crippen LogP) is -0.751. The Morgan fingerprint density at radius 3 is 2.09 bits per heavy atom. The van der Waals surface area contributed by atoms with Crippen LogP contribution >= 0.6 is 0 Å². The molecular weight excluding hydrogens is 304 g/mol. The minimum absolute atomic E-state index is 0.141. The molecule has 4 amide bonds. The second-order valence-electron chi connectivity index (χ2n) is 4.80. The molecule has 0 spiro atoms. The van der Waals surface area contributed by atoms with Crippen molar-refractivity contribution in [2.45, 2.75) is 0 Å². The Labute approximate surface area is 131 Å². The van der Waals surface area contributed by atoms with Crippen molar-refractivity contribution in [1.29, 1.82) is 0 Å². The maximum absolute atomic E-state index is 12.0. The lowest BCUT2D eigenvalue weighted by Gasteiger charge is -2.28. The monoisotopic (exact) mass is 317 g/mol. The van der Waals surface area contributed by atoms with Crippen LogP contribution in [0.2, 0.25) is 0 Å². The Kier molecular flexibility index (Phi) is 4.44. The number of aliphatic carboxylic acids is 1. The van der Waals surface area contributed by atoms with Crippen molar-refractivity contribution >= 4 is 29.9 Å². The van der Waals surface area contributed by atoms with Crippen LogP contribution in [0.25, 0.3) is 6.08 Å². The highest BCUT2D eigenvalue weighted by Crippen LogP contribution is 2.19. The number of rotatable bonds is 4. The highest BCUT2D eigenvalue weighted by Gasteiger charge is 2.37. The Morgan fingerprint density at radius 2 is 1.61 bits per heavy atom. The van der Waals surface area contributed by atoms with Crippen molar-refractivity contribution in [3.8, 4) is 5.75 Å². The first-order chi connectivity index (χ1) is 10.8. The summed E-state index contributed by atoms with van der Waals surface area (Å²) in [6, 6.07) is 5.39. The van der Waals surface area contributed by atoms with Gasteiger partial charge in [0.2, 0.25) is 0 Å². The maximum atomic E-state index is 12.0. The van der Waals surface area contributed by atoms with E-state index in [1.165, 1.54) is 32.3 Å². The summed E-state index contributed by atoms with van der Waals surface area (Å²) >= 11 is 0. The smallest absolute Gasteiger partial charge is 0.333 e. The van der Waals surface area contributed by atoms with Crippen molar-refractivity contribution in [3.63, 3.8) is 0 Å². The molecule has 0 aromatic heterocycles. The van der Waals surface area contributed by atoms with Gasteiger partial charge in [0.25, 0.3) is 11.8 Å². The molecule has 8 nitrogen and oxygen atoms in total. The van der Waals surface area contributed by atoms with E-state index in [1.54, 1.807) is 12.1 Å². The number of likely N-dealkylation sites (N-methyl/N-ethyl adjacent to an activating group) is 2. The fraction of sp³-hybridized carbons (Fsp3) is 0.200. The van der Waals surface area contributed by atoms with Gasteiger partial charge in [-0.05, 0) is 23.8 Å². The zero-order valence-electron chi connectivity index (χ0n) is 12.4. The third-order valence-corrected chi connectivity index (χ3v) is 3.19. The molecule has 2 rings (SSSR count). The quantitative estimate of drug-likeness (QED) is 0.534. The normalized spacial score (nSPS) is 15.0. The summed E-state index contributed by atoms with van der Waals surface area (Å²) < 4.78 is 4.93. The van der Waals surface area contributed by atoms with Crippen LogP contribution in [0.5, 0.6) is 5.75 Å². The van der Waals surface area contributed by atoms with Crippen molar-refractivity contribution < 1.29 is 29.0 Å². The van der Waals surface area contributed by atoms with E-state index in [9.17, 15) is 24.3 Å². The van der Waals surface area contributed by atoms with Gasteiger partial charge in [0.1, 0.15) is 17.9 Å². The van der Waals surface area contributed by atoms with Gasteiger partial charge in [-0.15, -0.1) is 0 Å². The first-order valence-corrected chi connectivity index (χ1v) is 6.55. The van der Waals surface area contributed by atoms with E-state index >= 15 is 0 Å². The first-order valence-electron chi connectivity index (χ1n) is 6.55. The van der Waals surface area contributed by atoms with Crippen LogP contribution in [-0.4, -0.2) is 54.3 Å². The molecule has 1 aliphatic rings. The standard InChI is InChI=1S/C15H14N2O6/c1-16-13(20)11(14(21)17(2)15(16)22)7-9-3-5-10(6-4-9)23-8-12(18)19/h3-7H,8H2,1-2H3,(H,18,19)/p-1. The van der Waals surface area contributed by atoms with E-state index in [0.717, 1.165) is 9.80 Å². The van der Waals surface area contributed by atoms with E-state index in [4.69, 9.17) is 4.74 Å². The van der Waals surface area contributed by atoms with Gasteiger partial charge < -0.3 is 14.6 Å². The van der Waals surface area contributed by atoms with Crippen molar-refractivity contribution in [1.82, 2.24) is 9.80 Å². The number of urea groups is 1. The van der Waals surface area contributed by atoms with Gasteiger partial charge in [-0.3, -0.25) is 19.4 Å². The third kappa shape index (κ3) is 3.37. The summed E-state index contributed by atoms with van der Waals surface area (Å²) in [4.78, 5) is 47.7. The number of barbiturate groups is 1. The predicted molar refractivity (Wildman–Crippen MR) is 75.9 cm³/mol. The van der Waals surface area contributed by atoms with Gasteiger partial charge in [0.05, 0.1) is 5.97 Å². The summed E-state index contributed by atoms with van der Waals surface area (Å²) in [6.45, 7) is -0.574. The van der Waals surface area contributed by atoms with Gasteiger partial charge >= 0.3 is 6.03 Å². The number of hydrogen-bond acceptors (Lipinski definition) is 6. The Morgan fingerprint density at radius 1 is 1.09 bits per heavy atom. The molecule has 1 aromatic rings. The molecule has 0 bridgehead atoms. The summed E-state index contributed by atoms with van der Waals surface area (Å²) in [6.07, 6.45) is 1.35. The second-order valence-corrected chi connectivity index (χ2v) is 4.80. The zero-order valence-corrected chi connectivity index (χ0v) is 12.4. The number of imide groups is 2. The molecule has 1 aromatic carbocycles. The Bertz CT molecular complexity index is 681. The van der Waals surface area contributed by atoms with Crippen LogP contribution in [0, 0.1) is 0 Å². The largest absolute Gasteiger partial charge is 0.546 e. The van der Waals surface area contributed by atoms with Crippen LogP contribution in [0.4, 0.5) is 4.79 Å². The fourth-order valence-corrected chi connectivity index (χ4v) is 1.94. The topological polar surface area (TPSA) is 107 Å². The number of ether oxygens (including phenoxy) is 1. The highest BCUT2D eigenvalue weighted by atomic mass is 16.5. The lowest BCUT2D eigenvalue weighted by Crippen LogP contribution is -2.52. The summed E-state index contributed by atoms with van der Waals surface area (Å²) in [7, 11) is 2.58. The van der Waals surface area contributed by atoms with Gasteiger partial charge in [-0.25, -0.2) is 4.79 Å². The molecule has 0 N–H and O–H groups in total. The number of benzene rings is 1. The molecule has 0 unspecified atom stereocenters. The second kappa shape index (κ2) is 6.30. The highest BCUT2D eigenvalue weighted by molar-refractivity contribution is 6.30. The summed E-state index contributed by atoms with van der Waals surface area (Å²) in [5.74, 6) is -2.40.